The van der Waals surface area contributed by atoms with Crippen LogP contribution in [0.4, 0.5) is 21.5 Å². The molecule has 4 amide bonds. The number of H-pyrrole nitrogens is 2. The van der Waals surface area contributed by atoms with Crippen LogP contribution in [-0.2, 0) is 31.8 Å². The fourth-order valence-corrected chi connectivity index (χ4v) is 6.30. The third-order valence-corrected chi connectivity index (χ3v) is 9.66. The molecule has 16 heteroatoms. The normalized spacial score (nSPS) is 10.9. The van der Waals surface area contributed by atoms with Gasteiger partial charge in [-0.1, -0.05) is 142 Å². The number of ether oxygens (including phenoxy) is 4. The summed E-state index contributed by atoms with van der Waals surface area (Å²) in [4.78, 5) is 61.0. The number of anilines is 2. The summed E-state index contributed by atoms with van der Waals surface area (Å²) in [5.74, 6) is 0.296. The van der Waals surface area contributed by atoms with E-state index in [2.05, 4.69) is 55.1 Å². The molecule has 2 heterocycles. The van der Waals surface area contributed by atoms with E-state index in [1.807, 2.05) is 0 Å². The van der Waals surface area contributed by atoms with Crippen molar-refractivity contribution in [2.24, 2.45) is 0 Å². The van der Waals surface area contributed by atoms with Crippen molar-refractivity contribution >= 4 is 24.0 Å². The van der Waals surface area contributed by atoms with Gasteiger partial charge in [-0.05, 0) is 25.7 Å². The summed E-state index contributed by atoms with van der Waals surface area (Å²) in [5, 5.41) is 10.1. The lowest BCUT2D eigenvalue weighted by molar-refractivity contribution is 0.0649. The Labute approximate surface area is 359 Å². The van der Waals surface area contributed by atoms with Crippen molar-refractivity contribution in [2.45, 2.75) is 168 Å². The first-order valence-electron chi connectivity index (χ1n) is 22.7. The number of aryl methyl sites for hydroxylation is 2. The maximum atomic E-state index is 11.8. The molecule has 0 aliphatic carbocycles. The Bertz CT molecular complexity index is 1350. The van der Waals surface area contributed by atoms with Crippen molar-refractivity contribution in [3.63, 3.8) is 0 Å². The second kappa shape index (κ2) is 39.3. The Kier molecular flexibility index (Phi) is 35.5. The Hall–Kier alpha value is -3.86. The summed E-state index contributed by atoms with van der Waals surface area (Å²) in [6.45, 7) is 6.30. The van der Waals surface area contributed by atoms with Crippen LogP contribution in [0.5, 0.6) is 0 Å². The van der Waals surface area contributed by atoms with Crippen molar-refractivity contribution in [1.82, 2.24) is 30.6 Å². The first-order valence-corrected chi connectivity index (χ1v) is 22.7. The average Bonchev–Trinajstić information content (AvgIpc) is 3.21. The molecule has 16 nitrogen and oxygen atoms in total. The highest BCUT2D eigenvalue weighted by Crippen LogP contribution is 2.14. The summed E-state index contributed by atoms with van der Waals surface area (Å²) in [7, 11) is 3.16. The molecule has 0 bridgehead atoms. The summed E-state index contributed by atoms with van der Waals surface area (Å²) in [6.07, 6.45) is 29.6. The van der Waals surface area contributed by atoms with Gasteiger partial charge in [0, 0.05) is 37.7 Å². The van der Waals surface area contributed by atoms with Gasteiger partial charge >= 0.3 is 12.1 Å². The second-order valence-electron chi connectivity index (χ2n) is 15.1. The zero-order valence-electron chi connectivity index (χ0n) is 37.5. The van der Waals surface area contributed by atoms with Crippen LogP contribution in [0.1, 0.15) is 166 Å². The number of unbranched alkanes of at least 4 members (excludes halogenated alkanes) is 20. The van der Waals surface area contributed by atoms with Crippen molar-refractivity contribution in [3.8, 4) is 0 Å². The molecular formula is C44H80N8O8. The highest BCUT2D eigenvalue weighted by atomic mass is 16.5. The van der Waals surface area contributed by atoms with E-state index in [0.29, 0.717) is 37.8 Å². The predicted molar refractivity (Wildman–Crippen MR) is 240 cm³/mol. The van der Waals surface area contributed by atoms with Crippen molar-refractivity contribution in [3.05, 3.63) is 44.2 Å². The minimum absolute atomic E-state index is 0.0534. The van der Waals surface area contributed by atoms with Crippen LogP contribution >= 0.6 is 0 Å². The number of carbonyl (C=O) groups excluding carboxylic acids is 2. The van der Waals surface area contributed by atoms with Gasteiger partial charge < -0.3 is 29.6 Å². The number of urea groups is 2. The quantitative estimate of drug-likeness (QED) is 0.0284. The molecule has 2 aromatic heterocycles. The second-order valence-corrected chi connectivity index (χ2v) is 15.1. The molecule has 2 aromatic rings. The fourth-order valence-electron chi connectivity index (χ4n) is 6.30. The first kappa shape index (κ1) is 54.2. The lowest BCUT2D eigenvalue weighted by Gasteiger charge is -2.08. The highest BCUT2D eigenvalue weighted by Gasteiger charge is 2.08. The Morgan fingerprint density at radius 2 is 0.817 bits per heavy atom. The van der Waals surface area contributed by atoms with Crippen LogP contribution in [0.15, 0.2) is 21.7 Å². The van der Waals surface area contributed by atoms with Gasteiger partial charge in [0.05, 0.1) is 26.4 Å². The minimum Gasteiger partial charge on any atom is -0.382 e. The molecule has 0 fully saturated rings. The van der Waals surface area contributed by atoms with Crippen LogP contribution in [0, 0.1) is 0 Å². The Balaban J connectivity index is 0.000000600. The zero-order chi connectivity index (χ0) is 43.7. The van der Waals surface area contributed by atoms with E-state index in [1.54, 1.807) is 14.2 Å². The number of nitrogens with one attached hydrogen (secondary N) is 6. The van der Waals surface area contributed by atoms with Gasteiger partial charge in [-0.2, -0.15) is 0 Å². The number of aromatic nitrogens is 4. The van der Waals surface area contributed by atoms with E-state index in [-0.39, 0.29) is 36.5 Å². The number of carbonyl (C=O) groups is 2. The summed E-state index contributed by atoms with van der Waals surface area (Å²) < 4.78 is 20.0. The highest BCUT2D eigenvalue weighted by molar-refractivity contribution is 5.87. The van der Waals surface area contributed by atoms with Crippen LogP contribution < -0.4 is 32.4 Å². The molecule has 0 atom stereocenters. The van der Waals surface area contributed by atoms with Gasteiger partial charge in [0.15, 0.2) is 0 Å². The number of aromatic amines is 2. The number of amides is 4. The lowest BCUT2D eigenvalue weighted by Crippen LogP contribution is -2.32. The number of hydrogen-bond acceptors (Lipinski definition) is 10. The minimum atomic E-state index is -0.484. The smallest absolute Gasteiger partial charge is 0.323 e. The third-order valence-electron chi connectivity index (χ3n) is 9.66. The van der Waals surface area contributed by atoms with Crippen molar-refractivity contribution in [1.29, 1.82) is 0 Å². The maximum Gasteiger partial charge on any atom is 0.323 e. The van der Waals surface area contributed by atoms with Gasteiger partial charge in [-0.25, -0.2) is 19.6 Å². The SMILES string of the molecule is CCCCCCCCCCCCCc1cc(=O)[nH]c(NC(=O)NCOCCOC)n1.CCCCCCCCCCCCCc1cc(=O)[nH]c(NC(=O)NCOCCOC)n1. The van der Waals surface area contributed by atoms with Crippen LogP contribution in [-0.4, -0.2) is 86.1 Å². The fraction of sp³-hybridized carbons (Fsp3) is 0.773. The average molecular weight is 849 g/mol. The van der Waals surface area contributed by atoms with Gasteiger partial charge in [-0.15, -0.1) is 0 Å². The summed E-state index contributed by atoms with van der Waals surface area (Å²) in [6, 6.07) is 2.02. The Morgan fingerprint density at radius 1 is 0.500 bits per heavy atom. The largest absolute Gasteiger partial charge is 0.382 e. The molecule has 0 saturated heterocycles. The van der Waals surface area contributed by atoms with E-state index >= 15 is 0 Å². The summed E-state index contributed by atoms with van der Waals surface area (Å²) >= 11 is 0. The lowest BCUT2D eigenvalue weighted by atomic mass is 10.0. The van der Waals surface area contributed by atoms with E-state index in [9.17, 15) is 19.2 Å². The molecule has 344 valence electrons. The molecule has 60 heavy (non-hydrogen) atoms. The number of hydrogen-bond donors (Lipinski definition) is 6. The molecule has 0 aromatic carbocycles. The van der Waals surface area contributed by atoms with Crippen LogP contribution in [0.2, 0.25) is 0 Å². The van der Waals surface area contributed by atoms with Gasteiger partial charge in [0.2, 0.25) is 11.9 Å². The van der Waals surface area contributed by atoms with E-state index < -0.39 is 12.1 Å². The van der Waals surface area contributed by atoms with E-state index in [1.165, 1.54) is 128 Å². The maximum absolute atomic E-state index is 11.8. The number of rotatable bonds is 36. The molecule has 0 aliphatic heterocycles. The molecule has 6 N–H and O–H groups in total. The molecule has 0 saturated carbocycles. The summed E-state index contributed by atoms with van der Waals surface area (Å²) in [5.41, 5.74) is 0.854. The first-order chi connectivity index (χ1) is 29.3. The topological polar surface area (TPSA) is 211 Å². The van der Waals surface area contributed by atoms with Gasteiger partial charge in [0.1, 0.15) is 13.5 Å². The third kappa shape index (κ3) is 32.9. The molecule has 2 rings (SSSR count). The molecule has 0 unspecified atom stereocenters. The van der Waals surface area contributed by atoms with Gasteiger partial charge in [0.25, 0.3) is 11.1 Å². The van der Waals surface area contributed by atoms with E-state index in [0.717, 1.165) is 38.5 Å². The van der Waals surface area contributed by atoms with E-state index in [4.69, 9.17) is 18.9 Å². The number of methoxy groups -OCH3 is 2. The molecular weight excluding hydrogens is 769 g/mol. The molecule has 0 aliphatic rings. The molecule has 0 radical (unpaired) electrons. The van der Waals surface area contributed by atoms with Crippen LogP contribution in [0.3, 0.4) is 0 Å². The monoisotopic (exact) mass is 849 g/mol. The van der Waals surface area contributed by atoms with Crippen LogP contribution in [0.25, 0.3) is 0 Å². The standard InChI is InChI=1S/2C22H40N4O4/c2*1-3-4-5-6-7-8-9-10-11-12-13-14-19-17-20(27)25-21(24-19)26-22(28)23-18-30-16-15-29-2/h2*17H,3-16,18H2,1-2H3,(H3,23,24,25,26,27,28). The zero-order valence-corrected chi connectivity index (χ0v) is 37.5. The molecule has 0 spiro atoms. The predicted octanol–water partition coefficient (Wildman–Crippen LogP) is 8.73. The van der Waals surface area contributed by atoms with Crippen molar-refractivity contribution < 1.29 is 28.5 Å². The Morgan fingerprint density at radius 3 is 1.13 bits per heavy atom. The number of nitrogens with zero attached hydrogens (tertiary/aromatic N) is 2. The van der Waals surface area contributed by atoms with Gasteiger partial charge in [-0.3, -0.25) is 30.2 Å². The van der Waals surface area contributed by atoms with Crippen molar-refractivity contribution in [2.75, 3.05) is 64.7 Å².